The number of nitrogens with zero attached hydrogens (tertiary/aromatic N) is 3. The first-order chi connectivity index (χ1) is 10.1. The Morgan fingerprint density at radius 2 is 1.86 bits per heavy atom. The summed E-state index contributed by atoms with van der Waals surface area (Å²) in [6.07, 6.45) is 0.771. The SMILES string of the molecule is CCc1nc(NN)c(C)c(N(CC)c2ccccc2C)n1. The molecule has 112 valence electrons. The second-order valence-corrected chi connectivity index (χ2v) is 4.97. The number of benzene rings is 1. The van der Waals surface area contributed by atoms with Crippen molar-refractivity contribution in [3.05, 3.63) is 41.2 Å². The van der Waals surface area contributed by atoms with Crippen molar-refractivity contribution in [2.75, 3.05) is 16.9 Å². The molecule has 0 aliphatic rings. The standard InChI is InChI=1S/C16H23N5/c1-5-14-18-15(20-17)12(4)16(19-14)21(6-2)13-10-8-7-9-11(13)3/h7-10H,5-6,17H2,1-4H3,(H,18,19,20). The fraction of sp³-hybridized carbons (Fsp3) is 0.375. The number of nitrogens with one attached hydrogen (secondary N) is 1. The van der Waals surface area contributed by atoms with Crippen LogP contribution < -0.4 is 16.2 Å². The molecule has 1 aromatic carbocycles. The Labute approximate surface area is 126 Å². The number of hydrazine groups is 1. The van der Waals surface area contributed by atoms with Crippen LogP contribution in [0.5, 0.6) is 0 Å². The summed E-state index contributed by atoms with van der Waals surface area (Å²) in [6.45, 7) is 9.09. The molecule has 0 spiro atoms. The second kappa shape index (κ2) is 6.54. The largest absolute Gasteiger partial charge is 0.326 e. The minimum absolute atomic E-state index is 0.684. The molecule has 0 unspecified atom stereocenters. The van der Waals surface area contributed by atoms with Gasteiger partial charge in [-0.25, -0.2) is 15.8 Å². The normalized spacial score (nSPS) is 10.5. The van der Waals surface area contributed by atoms with Crippen molar-refractivity contribution >= 4 is 17.3 Å². The lowest BCUT2D eigenvalue weighted by Gasteiger charge is -2.26. The molecule has 0 radical (unpaired) electrons. The van der Waals surface area contributed by atoms with Gasteiger partial charge in [0.1, 0.15) is 17.5 Å². The number of aromatic nitrogens is 2. The molecule has 0 aliphatic carbocycles. The highest BCUT2D eigenvalue weighted by Crippen LogP contribution is 2.31. The molecule has 2 rings (SSSR count). The van der Waals surface area contributed by atoms with Crippen LogP contribution >= 0.6 is 0 Å². The van der Waals surface area contributed by atoms with Crippen LogP contribution in [0.1, 0.15) is 30.8 Å². The monoisotopic (exact) mass is 285 g/mol. The lowest BCUT2D eigenvalue weighted by Crippen LogP contribution is -2.22. The summed E-state index contributed by atoms with van der Waals surface area (Å²) >= 11 is 0. The van der Waals surface area contributed by atoms with Crippen molar-refractivity contribution in [2.45, 2.75) is 34.1 Å². The van der Waals surface area contributed by atoms with Crippen molar-refractivity contribution in [1.29, 1.82) is 0 Å². The number of rotatable bonds is 5. The topological polar surface area (TPSA) is 67.1 Å². The van der Waals surface area contributed by atoms with E-state index in [1.807, 2.05) is 26.0 Å². The Bertz CT molecular complexity index is 624. The second-order valence-electron chi connectivity index (χ2n) is 4.97. The number of hydrogen-bond acceptors (Lipinski definition) is 5. The number of nitrogens with two attached hydrogens (primary N) is 1. The highest BCUT2D eigenvalue weighted by atomic mass is 15.3. The first-order valence-corrected chi connectivity index (χ1v) is 7.29. The highest BCUT2D eigenvalue weighted by Gasteiger charge is 2.17. The van der Waals surface area contributed by atoms with E-state index < -0.39 is 0 Å². The maximum absolute atomic E-state index is 5.59. The van der Waals surface area contributed by atoms with Gasteiger partial charge in [-0.05, 0) is 32.4 Å². The van der Waals surface area contributed by atoms with Crippen LogP contribution in [0.4, 0.5) is 17.3 Å². The highest BCUT2D eigenvalue weighted by molar-refractivity contribution is 5.69. The quantitative estimate of drug-likeness (QED) is 0.652. The molecule has 0 fully saturated rings. The first kappa shape index (κ1) is 15.3. The van der Waals surface area contributed by atoms with E-state index in [9.17, 15) is 0 Å². The van der Waals surface area contributed by atoms with Gasteiger partial charge in [-0.1, -0.05) is 25.1 Å². The van der Waals surface area contributed by atoms with E-state index >= 15 is 0 Å². The summed E-state index contributed by atoms with van der Waals surface area (Å²) in [6, 6.07) is 8.31. The van der Waals surface area contributed by atoms with E-state index in [1.165, 1.54) is 5.56 Å². The minimum Gasteiger partial charge on any atom is -0.326 e. The van der Waals surface area contributed by atoms with Gasteiger partial charge in [0.05, 0.1) is 0 Å². The number of anilines is 3. The fourth-order valence-electron chi connectivity index (χ4n) is 2.41. The Balaban J connectivity index is 2.59. The minimum atomic E-state index is 0.684. The van der Waals surface area contributed by atoms with Crippen LogP contribution in [0.3, 0.4) is 0 Å². The summed E-state index contributed by atoms with van der Waals surface area (Å²) in [4.78, 5) is 11.3. The van der Waals surface area contributed by atoms with E-state index in [0.717, 1.165) is 35.9 Å². The van der Waals surface area contributed by atoms with Gasteiger partial charge in [-0.2, -0.15) is 0 Å². The summed E-state index contributed by atoms with van der Waals surface area (Å²) in [5.41, 5.74) is 6.01. The van der Waals surface area contributed by atoms with Gasteiger partial charge in [0.2, 0.25) is 0 Å². The van der Waals surface area contributed by atoms with Crippen LogP contribution in [0.2, 0.25) is 0 Å². The van der Waals surface area contributed by atoms with Crippen LogP contribution in [-0.4, -0.2) is 16.5 Å². The summed E-state index contributed by atoms with van der Waals surface area (Å²) in [5.74, 6) is 7.98. The predicted molar refractivity (Wildman–Crippen MR) is 87.8 cm³/mol. The third kappa shape index (κ3) is 2.97. The number of para-hydroxylation sites is 1. The van der Waals surface area contributed by atoms with Gasteiger partial charge >= 0.3 is 0 Å². The van der Waals surface area contributed by atoms with Crippen molar-refractivity contribution in [3.8, 4) is 0 Å². The summed E-state index contributed by atoms with van der Waals surface area (Å²) < 4.78 is 0. The van der Waals surface area contributed by atoms with E-state index in [0.29, 0.717) is 5.82 Å². The molecule has 0 bridgehead atoms. The maximum atomic E-state index is 5.59. The van der Waals surface area contributed by atoms with E-state index in [1.54, 1.807) is 0 Å². The van der Waals surface area contributed by atoms with E-state index in [4.69, 9.17) is 10.8 Å². The fourth-order valence-corrected chi connectivity index (χ4v) is 2.41. The van der Waals surface area contributed by atoms with Crippen LogP contribution in [-0.2, 0) is 6.42 Å². The van der Waals surface area contributed by atoms with Crippen molar-refractivity contribution in [3.63, 3.8) is 0 Å². The van der Waals surface area contributed by atoms with Crippen LogP contribution in [0.15, 0.2) is 24.3 Å². The molecule has 0 aliphatic heterocycles. The van der Waals surface area contributed by atoms with E-state index in [2.05, 4.69) is 41.3 Å². The Hall–Kier alpha value is -2.14. The third-order valence-corrected chi connectivity index (χ3v) is 3.60. The zero-order chi connectivity index (χ0) is 15.4. The summed E-state index contributed by atoms with van der Waals surface area (Å²) in [5, 5.41) is 0. The average molecular weight is 285 g/mol. The first-order valence-electron chi connectivity index (χ1n) is 7.29. The third-order valence-electron chi connectivity index (χ3n) is 3.60. The molecular formula is C16H23N5. The maximum Gasteiger partial charge on any atom is 0.148 e. The molecular weight excluding hydrogens is 262 g/mol. The molecule has 5 nitrogen and oxygen atoms in total. The van der Waals surface area contributed by atoms with Gasteiger partial charge in [0.15, 0.2) is 0 Å². The van der Waals surface area contributed by atoms with Gasteiger partial charge in [-0.15, -0.1) is 0 Å². The zero-order valence-electron chi connectivity index (χ0n) is 13.1. The van der Waals surface area contributed by atoms with Gasteiger partial charge in [-0.3, -0.25) is 0 Å². The zero-order valence-corrected chi connectivity index (χ0v) is 13.1. The molecule has 5 heteroatoms. The Morgan fingerprint density at radius 3 is 2.43 bits per heavy atom. The lowest BCUT2D eigenvalue weighted by atomic mass is 10.1. The van der Waals surface area contributed by atoms with Crippen molar-refractivity contribution in [1.82, 2.24) is 9.97 Å². The molecule has 0 saturated carbocycles. The summed E-state index contributed by atoms with van der Waals surface area (Å²) in [7, 11) is 0. The Morgan fingerprint density at radius 1 is 1.14 bits per heavy atom. The molecule has 0 saturated heterocycles. The average Bonchev–Trinajstić information content (AvgIpc) is 2.51. The van der Waals surface area contributed by atoms with Gasteiger partial charge in [0.25, 0.3) is 0 Å². The Kier molecular flexibility index (Phi) is 4.75. The smallest absolute Gasteiger partial charge is 0.148 e. The molecule has 0 atom stereocenters. The molecule has 1 heterocycles. The van der Waals surface area contributed by atoms with Crippen LogP contribution in [0, 0.1) is 13.8 Å². The molecule has 0 amide bonds. The van der Waals surface area contributed by atoms with Crippen molar-refractivity contribution in [2.24, 2.45) is 5.84 Å². The number of aryl methyl sites for hydroxylation is 2. The molecule has 3 N–H and O–H groups in total. The van der Waals surface area contributed by atoms with Crippen molar-refractivity contribution < 1.29 is 0 Å². The lowest BCUT2D eigenvalue weighted by molar-refractivity contribution is 0.889. The molecule has 21 heavy (non-hydrogen) atoms. The van der Waals surface area contributed by atoms with Crippen LogP contribution in [0.25, 0.3) is 0 Å². The van der Waals surface area contributed by atoms with Gasteiger partial charge in [0, 0.05) is 24.2 Å². The predicted octanol–water partition coefficient (Wildman–Crippen LogP) is 3.10. The number of hydrogen-bond donors (Lipinski definition) is 2. The van der Waals surface area contributed by atoms with Gasteiger partial charge < -0.3 is 10.3 Å². The molecule has 1 aromatic heterocycles. The molecule has 2 aromatic rings. The number of nitrogen functional groups attached to an aromatic ring is 1. The van der Waals surface area contributed by atoms with E-state index in [-0.39, 0.29) is 0 Å².